The van der Waals surface area contributed by atoms with E-state index < -0.39 is 0 Å². The fourth-order valence-electron chi connectivity index (χ4n) is 0.818. The maximum absolute atomic E-state index is 10.9. The average molecular weight is 296 g/mol. The van der Waals surface area contributed by atoms with E-state index in [0.717, 1.165) is 3.57 Å². The van der Waals surface area contributed by atoms with Crippen molar-refractivity contribution in [2.24, 2.45) is 0 Å². The standard InChI is InChI=1S/C8H6ClIO2/c1-4(11)5-2-6(9)7(10)3-8(5)12/h2-3,12H,1H3. The van der Waals surface area contributed by atoms with E-state index >= 15 is 0 Å². The fraction of sp³-hybridized carbons (Fsp3) is 0.125. The van der Waals surface area contributed by atoms with Gasteiger partial charge in [0.05, 0.1) is 10.6 Å². The van der Waals surface area contributed by atoms with E-state index in [-0.39, 0.29) is 17.1 Å². The van der Waals surface area contributed by atoms with Gasteiger partial charge < -0.3 is 5.11 Å². The van der Waals surface area contributed by atoms with Crippen molar-refractivity contribution in [3.05, 3.63) is 26.3 Å². The van der Waals surface area contributed by atoms with Crippen molar-refractivity contribution in [1.29, 1.82) is 0 Å². The minimum Gasteiger partial charge on any atom is -0.507 e. The lowest BCUT2D eigenvalue weighted by molar-refractivity contribution is 0.101. The zero-order valence-electron chi connectivity index (χ0n) is 6.27. The Morgan fingerprint density at radius 1 is 1.58 bits per heavy atom. The minimum atomic E-state index is -0.189. The first-order valence-corrected chi connectivity index (χ1v) is 4.67. The second-order valence-electron chi connectivity index (χ2n) is 2.34. The van der Waals surface area contributed by atoms with Crippen LogP contribution >= 0.6 is 34.2 Å². The van der Waals surface area contributed by atoms with Gasteiger partial charge in [-0.25, -0.2) is 0 Å². The second-order valence-corrected chi connectivity index (χ2v) is 3.91. The van der Waals surface area contributed by atoms with E-state index in [0.29, 0.717) is 5.02 Å². The van der Waals surface area contributed by atoms with Crippen molar-refractivity contribution in [1.82, 2.24) is 0 Å². The van der Waals surface area contributed by atoms with E-state index in [1.165, 1.54) is 19.1 Å². The number of halogens is 2. The van der Waals surface area contributed by atoms with Gasteiger partial charge >= 0.3 is 0 Å². The number of phenols is 1. The summed E-state index contributed by atoms with van der Waals surface area (Å²) in [4.78, 5) is 10.9. The maximum Gasteiger partial charge on any atom is 0.163 e. The summed E-state index contributed by atoms with van der Waals surface area (Å²) >= 11 is 7.75. The minimum absolute atomic E-state index is 0.0173. The van der Waals surface area contributed by atoms with Gasteiger partial charge in [0.1, 0.15) is 5.75 Å². The van der Waals surface area contributed by atoms with Crippen molar-refractivity contribution in [2.75, 3.05) is 0 Å². The molecule has 0 aliphatic rings. The van der Waals surface area contributed by atoms with Crippen molar-refractivity contribution < 1.29 is 9.90 Å². The van der Waals surface area contributed by atoms with Gasteiger partial charge in [-0.15, -0.1) is 0 Å². The number of hydrogen-bond donors (Lipinski definition) is 1. The third-order valence-electron chi connectivity index (χ3n) is 1.42. The zero-order chi connectivity index (χ0) is 9.30. The van der Waals surface area contributed by atoms with Crippen LogP contribution in [0.4, 0.5) is 0 Å². The van der Waals surface area contributed by atoms with Crippen LogP contribution < -0.4 is 0 Å². The molecule has 0 unspecified atom stereocenters. The molecule has 0 aliphatic carbocycles. The highest BCUT2D eigenvalue weighted by atomic mass is 127. The summed E-state index contributed by atoms with van der Waals surface area (Å²) in [5, 5.41) is 9.79. The number of hydrogen-bond acceptors (Lipinski definition) is 2. The first-order chi connectivity index (χ1) is 5.52. The van der Waals surface area contributed by atoms with Gasteiger partial charge in [0.2, 0.25) is 0 Å². The zero-order valence-corrected chi connectivity index (χ0v) is 9.18. The number of rotatable bonds is 1. The smallest absolute Gasteiger partial charge is 0.163 e. The molecule has 1 aromatic rings. The molecular formula is C8H6ClIO2. The van der Waals surface area contributed by atoms with Crippen LogP contribution in [0.3, 0.4) is 0 Å². The molecule has 0 radical (unpaired) electrons. The lowest BCUT2D eigenvalue weighted by atomic mass is 10.1. The number of aromatic hydroxyl groups is 1. The molecule has 0 atom stereocenters. The molecule has 0 heterocycles. The highest BCUT2D eigenvalue weighted by molar-refractivity contribution is 14.1. The molecule has 1 rings (SSSR count). The van der Waals surface area contributed by atoms with E-state index in [2.05, 4.69) is 0 Å². The second kappa shape index (κ2) is 3.62. The van der Waals surface area contributed by atoms with Crippen molar-refractivity contribution in [2.45, 2.75) is 6.92 Å². The largest absolute Gasteiger partial charge is 0.507 e. The van der Waals surface area contributed by atoms with Crippen LogP contribution in [0.5, 0.6) is 5.75 Å². The number of carbonyl (C=O) groups is 1. The Morgan fingerprint density at radius 2 is 2.17 bits per heavy atom. The first-order valence-electron chi connectivity index (χ1n) is 3.21. The number of phenolic OH excluding ortho intramolecular Hbond substituents is 1. The molecule has 2 nitrogen and oxygen atoms in total. The number of benzene rings is 1. The Bertz CT molecular complexity index is 336. The SMILES string of the molecule is CC(=O)c1cc(Cl)c(I)cc1O. The predicted octanol–water partition coefficient (Wildman–Crippen LogP) is 2.85. The summed E-state index contributed by atoms with van der Waals surface area (Å²) < 4.78 is 0.733. The van der Waals surface area contributed by atoms with Crippen LogP contribution in [0, 0.1) is 3.57 Å². The van der Waals surface area contributed by atoms with Crippen LogP contribution in [0.15, 0.2) is 12.1 Å². The van der Waals surface area contributed by atoms with Gasteiger partial charge in [-0.2, -0.15) is 0 Å². The summed E-state index contributed by atoms with van der Waals surface area (Å²) in [6, 6.07) is 2.95. The molecule has 0 saturated heterocycles. The Labute approximate surface area is 88.7 Å². The lowest BCUT2D eigenvalue weighted by Crippen LogP contribution is -1.93. The molecule has 1 aromatic carbocycles. The molecule has 1 N–H and O–H groups in total. The summed E-state index contributed by atoms with van der Waals surface area (Å²) in [7, 11) is 0. The third kappa shape index (κ3) is 1.90. The summed E-state index contributed by atoms with van der Waals surface area (Å²) in [6.07, 6.45) is 0. The number of carbonyl (C=O) groups excluding carboxylic acids is 1. The molecular weight excluding hydrogens is 290 g/mol. The normalized spacial score (nSPS) is 9.92. The van der Waals surface area contributed by atoms with Gasteiger partial charge in [0.15, 0.2) is 5.78 Å². The average Bonchev–Trinajstić information content (AvgIpc) is 1.96. The molecule has 0 spiro atoms. The van der Waals surface area contributed by atoms with Crippen molar-refractivity contribution in [3.63, 3.8) is 0 Å². The highest BCUT2D eigenvalue weighted by Crippen LogP contribution is 2.27. The number of Topliss-reactive ketones (excluding diaryl/α,β-unsaturated/α-hetero) is 1. The van der Waals surface area contributed by atoms with Crippen molar-refractivity contribution in [3.8, 4) is 5.75 Å². The van der Waals surface area contributed by atoms with E-state index in [9.17, 15) is 9.90 Å². The van der Waals surface area contributed by atoms with Crippen LogP contribution in [0.25, 0.3) is 0 Å². The molecule has 0 fully saturated rings. The van der Waals surface area contributed by atoms with Crippen molar-refractivity contribution >= 4 is 40.0 Å². The van der Waals surface area contributed by atoms with Crippen LogP contribution in [0.1, 0.15) is 17.3 Å². The Balaban J connectivity index is 3.33. The molecule has 0 amide bonds. The number of ketones is 1. The van der Waals surface area contributed by atoms with E-state index in [1.54, 1.807) is 0 Å². The molecule has 0 aliphatic heterocycles. The summed E-state index contributed by atoms with van der Waals surface area (Å²) in [5.74, 6) is -0.206. The molecule has 4 heteroatoms. The maximum atomic E-state index is 10.9. The monoisotopic (exact) mass is 296 g/mol. The topological polar surface area (TPSA) is 37.3 Å². The predicted molar refractivity (Wildman–Crippen MR) is 55.8 cm³/mol. The molecule has 0 saturated carbocycles. The first kappa shape index (κ1) is 9.80. The van der Waals surface area contributed by atoms with Crippen LogP contribution in [0.2, 0.25) is 5.02 Å². The van der Waals surface area contributed by atoms with Crippen LogP contribution in [-0.2, 0) is 0 Å². The summed E-state index contributed by atoms with van der Waals surface area (Å²) in [6.45, 7) is 1.39. The van der Waals surface area contributed by atoms with Gasteiger partial charge in [0, 0.05) is 3.57 Å². The molecule has 12 heavy (non-hydrogen) atoms. The van der Waals surface area contributed by atoms with Crippen LogP contribution in [-0.4, -0.2) is 10.9 Å². The fourth-order valence-corrected chi connectivity index (χ4v) is 1.43. The molecule has 0 aromatic heterocycles. The Hall–Kier alpha value is -0.290. The molecule has 64 valence electrons. The van der Waals surface area contributed by atoms with E-state index in [1.807, 2.05) is 22.6 Å². The third-order valence-corrected chi connectivity index (χ3v) is 2.94. The van der Waals surface area contributed by atoms with Gasteiger partial charge in [-0.1, -0.05) is 11.6 Å². The Morgan fingerprint density at radius 3 is 2.67 bits per heavy atom. The Kier molecular flexibility index (Phi) is 2.95. The van der Waals surface area contributed by atoms with Gasteiger partial charge in [-0.05, 0) is 41.6 Å². The summed E-state index contributed by atoms with van der Waals surface area (Å²) in [5.41, 5.74) is 0.264. The van der Waals surface area contributed by atoms with E-state index in [4.69, 9.17) is 11.6 Å². The molecule has 0 bridgehead atoms. The highest BCUT2D eigenvalue weighted by Gasteiger charge is 2.09. The lowest BCUT2D eigenvalue weighted by Gasteiger charge is -2.02. The quantitative estimate of drug-likeness (QED) is 0.639. The van der Waals surface area contributed by atoms with Gasteiger partial charge in [-0.3, -0.25) is 4.79 Å². The van der Waals surface area contributed by atoms with Gasteiger partial charge in [0.25, 0.3) is 0 Å².